The first-order valence-electron chi connectivity index (χ1n) is 14.9. The first-order valence-corrected chi connectivity index (χ1v) is 16.3. The zero-order valence-electron chi connectivity index (χ0n) is 24.4. The molecule has 40 heavy (non-hydrogen) atoms. The monoisotopic (exact) mass is 650 g/mol. The molecule has 0 aliphatic carbocycles. The highest BCUT2D eigenvalue weighted by Crippen LogP contribution is 2.30. The Labute approximate surface area is 262 Å². The van der Waals surface area contributed by atoms with E-state index < -0.39 is 0 Å². The van der Waals surface area contributed by atoms with E-state index in [2.05, 4.69) is 41.6 Å². The van der Waals surface area contributed by atoms with Gasteiger partial charge in [-0.15, -0.1) is 28.7 Å². The van der Waals surface area contributed by atoms with Crippen molar-refractivity contribution < 1.29 is 9.53 Å². The van der Waals surface area contributed by atoms with Crippen LogP contribution in [0.1, 0.15) is 102 Å². The predicted octanol–water partition coefficient (Wildman–Crippen LogP) is 10.5. The molecule has 1 heterocycles. The van der Waals surface area contributed by atoms with Gasteiger partial charge in [0.25, 0.3) is 0 Å². The Morgan fingerprint density at radius 2 is 1.55 bits per heavy atom. The van der Waals surface area contributed by atoms with E-state index in [1.807, 2.05) is 42.1 Å². The maximum absolute atomic E-state index is 12.8. The maximum atomic E-state index is 12.8. The maximum Gasteiger partial charge on any atom is 0.228 e. The van der Waals surface area contributed by atoms with Crippen molar-refractivity contribution in [3.63, 3.8) is 0 Å². The summed E-state index contributed by atoms with van der Waals surface area (Å²) in [4.78, 5) is 15.2. The Morgan fingerprint density at radius 3 is 2.15 bits per heavy atom. The number of amides is 1. The molecular formula is C33H48BrClN2O2S. The summed E-state index contributed by atoms with van der Waals surface area (Å²) in [6, 6.07) is 13.7. The topological polar surface area (TPSA) is 41.6 Å². The summed E-state index contributed by atoms with van der Waals surface area (Å²) < 4.78 is 6.08. The second-order valence-electron chi connectivity index (χ2n) is 10.6. The SMILES string of the molecule is Br.CCCCCCCCCCCCCCOc1c(Cl)cccc1CC(=O)Nc1ccc(CN2CSC=C2C)cc1. The van der Waals surface area contributed by atoms with Crippen molar-refractivity contribution in [2.45, 2.75) is 104 Å². The number of carbonyl (C=O) groups excluding carboxylic acids is 1. The second-order valence-corrected chi connectivity index (χ2v) is 11.9. The summed E-state index contributed by atoms with van der Waals surface area (Å²) in [7, 11) is 0. The summed E-state index contributed by atoms with van der Waals surface area (Å²) in [6.45, 7) is 5.92. The molecular weight excluding hydrogens is 604 g/mol. The van der Waals surface area contributed by atoms with Crippen LogP contribution in [0.2, 0.25) is 5.02 Å². The molecule has 7 heteroatoms. The summed E-state index contributed by atoms with van der Waals surface area (Å²) >= 11 is 8.28. The van der Waals surface area contributed by atoms with Gasteiger partial charge in [0.15, 0.2) is 0 Å². The van der Waals surface area contributed by atoms with Crippen molar-refractivity contribution >= 4 is 51.9 Å². The lowest BCUT2D eigenvalue weighted by Gasteiger charge is -2.19. The van der Waals surface area contributed by atoms with Crippen molar-refractivity contribution in [1.29, 1.82) is 0 Å². The first kappa shape index (κ1) is 34.6. The van der Waals surface area contributed by atoms with E-state index in [1.165, 1.54) is 81.9 Å². The van der Waals surface area contributed by atoms with E-state index in [-0.39, 0.29) is 29.3 Å². The van der Waals surface area contributed by atoms with Gasteiger partial charge in [0.05, 0.1) is 23.9 Å². The number of unbranched alkanes of at least 4 members (excludes halogenated alkanes) is 11. The van der Waals surface area contributed by atoms with E-state index in [1.54, 1.807) is 0 Å². The molecule has 4 nitrogen and oxygen atoms in total. The average Bonchev–Trinajstić information content (AvgIpc) is 3.33. The number of allylic oxidation sites excluding steroid dienone is 1. The normalized spacial score (nSPS) is 12.7. The van der Waals surface area contributed by atoms with Gasteiger partial charge in [0.2, 0.25) is 5.91 Å². The van der Waals surface area contributed by atoms with Gasteiger partial charge in [-0.05, 0) is 42.5 Å². The molecule has 2 aromatic rings. The van der Waals surface area contributed by atoms with E-state index in [0.717, 1.165) is 30.1 Å². The Hall–Kier alpha value is -1.63. The van der Waals surface area contributed by atoms with Crippen molar-refractivity contribution in [3.05, 3.63) is 69.7 Å². The lowest BCUT2D eigenvalue weighted by Crippen LogP contribution is -2.17. The molecule has 0 bridgehead atoms. The lowest BCUT2D eigenvalue weighted by molar-refractivity contribution is -0.115. The number of hydrogen-bond donors (Lipinski definition) is 1. The van der Waals surface area contributed by atoms with Gasteiger partial charge < -0.3 is 15.0 Å². The van der Waals surface area contributed by atoms with Gasteiger partial charge in [-0.25, -0.2) is 0 Å². The summed E-state index contributed by atoms with van der Waals surface area (Å²) in [6.07, 6.45) is 16.0. The summed E-state index contributed by atoms with van der Waals surface area (Å²) in [5, 5.41) is 5.78. The van der Waals surface area contributed by atoms with Gasteiger partial charge in [-0.2, -0.15) is 0 Å². The van der Waals surface area contributed by atoms with Crippen LogP contribution in [0.5, 0.6) is 5.75 Å². The van der Waals surface area contributed by atoms with Crippen LogP contribution in [0, 0.1) is 0 Å². The summed E-state index contributed by atoms with van der Waals surface area (Å²) in [5.74, 6) is 1.56. The molecule has 0 fully saturated rings. The molecule has 0 atom stereocenters. The minimum atomic E-state index is -0.0741. The van der Waals surface area contributed by atoms with Crippen molar-refractivity contribution in [2.75, 3.05) is 17.8 Å². The molecule has 0 saturated carbocycles. The second kappa shape index (κ2) is 20.3. The number of anilines is 1. The standard InChI is InChI=1S/C33H47ClN2O2S.BrH/c1-3-4-5-6-7-8-9-10-11-12-13-14-22-38-33-29(16-15-17-31(33)34)23-32(37)35-30-20-18-28(19-21-30)24-36-26-39-25-27(36)2;/h15-21,25H,3-14,22-24,26H2,1-2H3,(H,35,37);1H. The Kier molecular flexibility index (Phi) is 17.5. The fraction of sp³-hybridized carbons (Fsp3) is 0.545. The Morgan fingerprint density at radius 1 is 0.925 bits per heavy atom. The Balaban J connectivity index is 0.00000560. The third-order valence-corrected chi connectivity index (χ3v) is 8.50. The molecule has 1 aliphatic rings. The summed E-state index contributed by atoms with van der Waals surface area (Å²) in [5.41, 5.74) is 4.15. The number of rotatable bonds is 19. The van der Waals surface area contributed by atoms with Gasteiger partial charge in [-0.3, -0.25) is 4.79 Å². The molecule has 0 spiro atoms. The van der Waals surface area contributed by atoms with Crippen LogP contribution >= 0.6 is 40.3 Å². The minimum absolute atomic E-state index is 0. The lowest BCUT2D eigenvalue weighted by atomic mass is 10.1. The molecule has 0 saturated heterocycles. The first-order chi connectivity index (χ1) is 19.1. The largest absolute Gasteiger partial charge is 0.492 e. The van der Waals surface area contributed by atoms with Crippen LogP contribution in [0.25, 0.3) is 0 Å². The predicted molar refractivity (Wildman–Crippen MR) is 179 cm³/mol. The van der Waals surface area contributed by atoms with Crippen LogP contribution < -0.4 is 10.1 Å². The van der Waals surface area contributed by atoms with Gasteiger partial charge >= 0.3 is 0 Å². The van der Waals surface area contributed by atoms with E-state index in [4.69, 9.17) is 16.3 Å². The molecule has 3 rings (SSSR count). The molecule has 0 aromatic heterocycles. The van der Waals surface area contributed by atoms with E-state index in [9.17, 15) is 4.79 Å². The minimum Gasteiger partial charge on any atom is -0.492 e. The smallest absolute Gasteiger partial charge is 0.228 e. The third-order valence-electron chi connectivity index (χ3n) is 7.24. The van der Waals surface area contributed by atoms with Gasteiger partial charge in [-0.1, -0.05) is 113 Å². The fourth-order valence-electron chi connectivity index (χ4n) is 4.86. The highest BCUT2D eigenvalue weighted by Gasteiger charge is 2.14. The molecule has 1 aliphatic heterocycles. The number of halogens is 2. The Bertz CT molecular complexity index is 1030. The van der Waals surface area contributed by atoms with Gasteiger partial charge in [0.1, 0.15) is 5.75 Å². The zero-order valence-corrected chi connectivity index (χ0v) is 27.7. The van der Waals surface area contributed by atoms with Crippen molar-refractivity contribution in [2.24, 2.45) is 0 Å². The zero-order chi connectivity index (χ0) is 27.7. The van der Waals surface area contributed by atoms with Crippen molar-refractivity contribution in [1.82, 2.24) is 4.90 Å². The highest BCUT2D eigenvalue weighted by atomic mass is 79.9. The number of thioether (sulfide) groups is 1. The van der Waals surface area contributed by atoms with E-state index >= 15 is 0 Å². The number of benzene rings is 2. The third kappa shape index (κ3) is 12.9. The molecule has 1 amide bonds. The molecule has 1 N–H and O–H groups in total. The van der Waals surface area contributed by atoms with Crippen LogP contribution in [0.15, 0.2) is 53.6 Å². The number of nitrogens with one attached hydrogen (secondary N) is 1. The van der Waals surface area contributed by atoms with Crippen molar-refractivity contribution in [3.8, 4) is 5.75 Å². The number of nitrogens with zero attached hydrogens (tertiary/aromatic N) is 1. The molecule has 0 unspecified atom stereocenters. The average molecular weight is 652 g/mol. The molecule has 222 valence electrons. The number of hydrogen-bond acceptors (Lipinski definition) is 4. The quantitative estimate of drug-likeness (QED) is 0.154. The fourth-order valence-corrected chi connectivity index (χ4v) is 6.05. The molecule has 2 aromatic carbocycles. The number of ether oxygens (including phenoxy) is 1. The van der Waals surface area contributed by atoms with Crippen LogP contribution in [0.3, 0.4) is 0 Å². The van der Waals surface area contributed by atoms with Crippen LogP contribution in [-0.4, -0.2) is 23.3 Å². The molecule has 0 radical (unpaired) electrons. The van der Waals surface area contributed by atoms with E-state index in [0.29, 0.717) is 17.4 Å². The highest BCUT2D eigenvalue weighted by molar-refractivity contribution is 8.93. The van der Waals surface area contributed by atoms with Crippen LogP contribution in [-0.2, 0) is 17.8 Å². The number of para-hydroxylation sites is 1. The van der Waals surface area contributed by atoms with Crippen LogP contribution in [0.4, 0.5) is 5.69 Å². The van der Waals surface area contributed by atoms with Gasteiger partial charge in [0, 0.05) is 23.5 Å². The number of carbonyl (C=O) groups is 1.